The normalized spacial score (nSPS) is 10.8. The maximum atomic E-state index is 11.1. The van der Waals surface area contributed by atoms with Gasteiger partial charge in [0, 0.05) is 6.42 Å². The number of carbonyl (C=O) groups is 1. The van der Waals surface area contributed by atoms with E-state index >= 15 is 0 Å². The van der Waals surface area contributed by atoms with Crippen molar-refractivity contribution in [2.75, 3.05) is 6.61 Å². The summed E-state index contributed by atoms with van der Waals surface area (Å²) in [4.78, 5) is 11.1. The van der Waals surface area contributed by atoms with Crippen LogP contribution in [0.4, 0.5) is 0 Å². The molecule has 0 radical (unpaired) electrons. The summed E-state index contributed by atoms with van der Waals surface area (Å²) < 4.78 is 4.89. The van der Waals surface area contributed by atoms with Gasteiger partial charge < -0.3 is 4.74 Å². The lowest BCUT2D eigenvalue weighted by molar-refractivity contribution is -0.143. The van der Waals surface area contributed by atoms with Crippen molar-refractivity contribution in [3.05, 3.63) is 35.9 Å². The van der Waals surface area contributed by atoms with Crippen LogP contribution in [0, 0.1) is 0 Å². The Bertz CT molecular complexity index is 413. The van der Waals surface area contributed by atoms with Gasteiger partial charge in [0.05, 0.1) is 6.61 Å². The molecule has 3 heteroatoms. The van der Waals surface area contributed by atoms with Gasteiger partial charge in [0.1, 0.15) is 7.85 Å². The first-order valence-corrected chi connectivity index (χ1v) is 7.12. The van der Waals surface area contributed by atoms with E-state index in [4.69, 9.17) is 4.74 Å². The molecule has 0 aliphatic rings. The van der Waals surface area contributed by atoms with Gasteiger partial charge in [-0.3, -0.25) is 4.79 Å². The molecule has 0 N–H and O–H groups in total. The Morgan fingerprint density at radius 1 is 1.26 bits per heavy atom. The van der Waals surface area contributed by atoms with Crippen molar-refractivity contribution >= 4 is 25.4 Å². The minimum Gasteiger partial charge on any atom is -0.466 e. The van der Waals surface area contributed by atoms with Crippen molar-refractivity contribution in [3.8, 4) is 0 Å². The molecule has 0 atom stereocenters. The maximum Gasteiger partial charge on any atom is 0.305 e. The summed E-state index contributed by atoms with van der Waals surface area (Å²) in [5, 5.41) is 0. The second kappa shape index (κ2) is 9.43. The SMILES string of the molecule is Bc1ccccc1/C=C/CCCCCC(=O)OCC. The first kappa shape index (κ1) is 15.6. The Morgan fingerprint density at radius 3 is 2.79 bits per heavy atom. The van der Waals surface area contributed by atoms with Gasteiger partial charge >= 0.3 is 5.97 Å². The zero-order valence-corrected chi connectivity index (χ0v) is 12.0. The van der Waals surface area contributed by atoms with Gasteiger partial charge in [-0.15, -0.1) is 0 Å². The Hall–Kier alpha value is -1.51. The van der Waals surface area contributed by atoms with Crippen molar-refractivity contribution in [3.63, 3.8) is 0 Å². The molecule has 0 spiro atoms. The monoisotopic (exact) mass is 258 g/mol. The molecule has 19 heavy (non-hydrogen) atoms. The van der Waals surface area contributed by atoms with Gasteiger partial charge in [-0.25, -0.2) is 0 Å². The van der Waals surface area contributed by atoms with E-state index in [1.165, 1.54) is 11.0 Å². The van der Waals surface area contributed by atoms with E-state index in [1.807, 2.05) is 6.92 Å². The second-order valence-electron chi connectivity index (χ2n) is 4.66. The van der Waals surface area contributed by atoms with E-state index in [0.29, 0.717) is 13.0 Å². The van der Waals surface area contributed by atoms with Crippen LogP contribution >= 0.6 is 0 Å². The van der Waals surface area contributed by atoms with E-state index in [-0.39, 0.29) is 5.97 Å². The molecule has 1 aromatic carbocycles. The van der Waals surface area contributed by atoms with E-state index in [1.54, 1.807) is 0 Å². The summed E-state index contributed by atoms with van der Waals surface area (Å²) in [7, 11) is 2.12. The summed E-state index contributed by atoms with van der Waals surface area (Å²) in [5.41, 5.74) is 2.59. The third-order valence-corrected chi connectivity index (χ3v) is 3.04. The highest BCUT2D eigenvalue weighted by Gasteiger charge is 1.99. The molecule has 0 saturated heterocycles. The molecule has 0 heterocycles. The van der Waals surface area contributed by atoms with Gasteiger partial charge in [0.15, 0.2) is 0 Å². The average Bonchev–Trinajstić information content (AvgIpc) is 2.40. The summed E-state index contributed by atoms with van der Waals surface area (Å²) in [6, 6.07) is 8.37. The van der Waals surface area contributed by atoms with Crippen LogP contribution in [0.25, 0.3) is 6.08 Å². The standard InChI is InChI=1S/C16H23BO2/c1-2-19-16(18)13-7-5-3-4-6-10-14-11-8-9-12-15(14)17/h6,8-12H,2-5,7,13,17H2,1H3/b10-6+. The van der Waals surface area contributed by atoms with E-state index in [0.717, 1.165) is 25.7 Å². The Morgan fingerprint density at radius 2 is 2.05 bits per heavy atom. The molecule has 0 amide bonds. The lowest BCUT2D eigenvalue weighted by atomic mass is 9.90. The summed E-state index contributed by atoms with van der Waals surface area (Å²) in [6.45, 7) is 2.33. The van der Waals surface area contributed by atoms with Crippen molar-refractivity contribution in [1.82, 2.24) is 0 Å². The van der Waals surface area contributed by atoms with Crippen LogP contribution in [0.15, 0.2) is 30.3 Å². The number of unbranched alkanes of at least 4 members (excludes halogenated alkanes) is 3. The van der Waals surface area contributed by atoms with Crippen LogP contribution in [0.3, 0.4) is 0 Å². The van der Waals surface area contributed by atoms with Crippen molar-refractivity contribution < 1.29 is 9.53 Å². The summed E-state index contributed by atoms with van der Waals surface area (Å²) >= 11 is 0. The van der Waals surface area contributed by atoms with Gasteiger partial charge in [-0.05, 0) is 31.7 Å². The quantitative estimate of drug-likeness (QED) is 0.407. The van der Waals surface area contributed by atoms with Crippen molar-refractivity contribution in [2.45, 2.75) is 39.0 Å². The molecule has 1 rings (SSSR count). The maximum absolute atomic E-state index is 11.1. The molecule has 0 aliphatic carbocycles. The number of hydrogen-bond donors (Lipinski definition) is 0. The predicted molar refractivity (Wildman–Crippen MR) is 83.4 cm³/mol. The van der Waals surface area contributed by atoms with Crippen LogP contribution in [0.5, 0.6) is 0 Å². The largest absolute Gasteiger partial charge is 0.466 e. The predicted octanol–water partition coefficient (Wildman–Crippen LogP) is 2.47. The van der Waals surface area contributed by atoms with E-state index in [9.17, 15) is 4.79 Å². The van der Waals surface area contributed by atoms with Gasteiger partial charge in [0.2, 0.25) is 0 Å². The number of benzene rings is 1. The molecule has 1 aromatic rings. The highest BCUT2D eigenvalue weighted by Crippen LogP contribution is 2.06. The Kier molecular flexibility index (Phi) is 7.72. The highest BCUT2D eigenvalue weighted by atomic mass is 16.5. The van der Waals surface area contributed by atoms with Gasteiger partial charge in [0.25, 0.3) is 0 Å². The molecule has 0 bridgehead atoms. The number of allylic oxidation sites excluding steroid dienone is 1. The number of ether oxygens (including phenoxy) is 1. The molecule has 0 saturated carbocycles. The highest BCUT2D eigenvalue weighted by molar-refractivity contribution is 6.34. The molecular weight excluding hydrogens is 235 g/mol. The zero-order valence-electron chi connectivity index (χ0n) is 12.0. The summed E-state index contributed by atoms with van der Waals surface area (Å²) in [6.07, 6.45) is 9.15. The molecule has 0 aromatic heterocycles. The fraction of sp³-hybridized carbons (Fsp3) is 0.438. The zero-order chi connectivity index (χ0) is 13.9. The Balaban J connectivity index is 2.11. The smallest absolute Gasteiger partial charge is 0.305 e. The third-order valence-electron chi connectivity index (χ3n) is 3.04. The fourth-order valence-electron chi connectivity index (χ4n) is 1.93. The first-order chi connectivity index (χ1) is 9.24. The average molecular weight is 258 g/mol. The molecule has 102 valence electrons. The summed E-state index contributed by atoms with van der Waals surface area (Å²) in [5.74, 6) is -0.0713. The molecule has 0 unspecified atom stereocenters. The molecule has 0 aliphatic heterocycles. The fourth-order valence-corrected chi connectivity index (χ4v) is 1.93. The minimum absolute atomic E-state index is 0.0713. The number of esters is 1. The van der Waals surface area contributed by atoms with Gasteiger partial charge in [-0.1, -0.05) is 48.3 Å². The first-order valence-electron chi connectivity index (χ1n) is 7.12. The Labute approximate surface area is 117 Å². The van der Waals surface area contributed by atoms with E-state index < -0.39 is 0 Å². The van der Waals surface area contributed by atoms with E-state index in [2.05, 4.69) is 44.3 Å². The number of carbonyl (C=O) groups excluding carboxylic acids is 1. The van der Waals surface area contributed by atoms with Gasteiger partial charge in [-0.2, -0.15) is 0 Å². The second-order valence-corrected chi connectivity index (χ2v) is 4.66. The minimum atomic E-state index is -0.0713. The lowest BCUT2D eigenvalue weighted by Crippen LogP contribution is -2.04. The lowest BCUT2D eigenvalue weighted by Gasteiger charge is -2.01. The molecule has 0 fully saturated rings. The van der Waals surface area contributed by atoms with Crippen molar-refractivity contribution in [1.29, 1.82) is 0 Å². The third kappa shape index (κ3) is 6.85. The number of rotatable bonds is 8. The molecule has 2 nitrogen and oxygen atoms in total. The van der Waals surface area contributed by atoms with Crippen LogP contribution < -0.4 is 5.46 Å². The van der Waals surface area contributed by atoms with Crippen molar-refractivity contribution in [2.24, 2.45) is 0 Å². The van der Waals surface area contributed by atoms with Crippen LogP contribution in [-0.2, 0) is 9.53 Å². The topological polar surface area (TPSA) is 26.3 Å². The van der Waals surface area contributed by atoms with Crippen LogP contribution in [0.2, 0.25) is 0 Å². The van der Waals surface area contributed by atoms with Crippen LogP contribution in [-0.4, -0.2) is 20.4 Å². The molecular formula is C16H23BO2. The van der Waals surface area contributed by atoms with Crippen LogP contribution in [0.1, 0.15) is 44.6 Å². The number of hydrogen-bond acceptors (Lipinski definition) is 2.